The number of aryl methyl sites for hydroxylation is 1. The minimum absolute atomic E-state index is 0.321. The number of nitrogens with zero attached hydrogens (tertiary/aromatic N) is 2. The molecule has 1 aromatic heterocycles. The van der Waals surface area contributed by atoms with Gasteiger partial charge in [0.1, 0.15) is 23.1 Å². The van der Waals surface area contributed by atoms with E-state index in [-0.39, 0.29) is 5.82 Å². The summed E-state index contributed by atoms with van der Waals surface area (Å²) in [5.74, 6) is 2.23. The number of anilines is 4. The zero-order valence-corrected chi connectivity index (χ0v) is 15.8. The van der Waals surface area contributed by atoms with E-state index in [1.807, 2.05) is 67.6 Å². The van der Waals surface area contributed by atoms with E-state index in [1.165, 1.54) is 12.1 Å². The van der Waals surface area contributed by atoms with Crippen molar-refractivity contribution in [3.63, 3.8) is 0 Å². The minimum Gasteiger partial charge on any atom is -0.457 e. The van der Waals surface area contributed by atoms with Gasteiger partial charge in [0, 0.05) is 23.1 Å². The molecule has 5 nitrogen and oxygen atoms in total. The van der Waals surface area contributed by atoms with Gasteiger partial charge in [0.15, 0.2) is 0 Å². The molecule has 0 saturated heterocycles. The van der Waals surface area contributed by atoms with Gasteiger partial charge in [-0.3, -0.25) is 0 Å². The molecule has 0 amide bonds. The van der Waals surface area contributed by atoms with Gasteiger partial charge in [-0.2, -0.15) is 4.98 Å². The van der Waals surface area contributed by atoms with Crippen molar-refractivity contribution in [3.8, 4) is 11.5 Å². The zero-order chi connectivity index (χ0) is 20.1. The highest BCUT2D eigenvalue weighted by molar-refractivity contribution is 5.60. The van der Waals surface area contributed by atoms with Crippen molar-refractivity contribution in [1.82, 2.24) is 9.97 Å². The summed E-state index contributed by atoms with van der Waals surface area (Å²) in [6.07, 6.45) is 0. The number of halogens is 1. The van der Waals surface area contributed by atoms with Gasteiger partial charge < -0.3 is 15.4 Å². The van der Waals surface area contributed by atoms with Gasteiger partial charge in [0.05, 0.1) is 0 Å². The van der Waals surface area contributed by atoms with Crippen molar-refractivity contribution in [3.05, 3.63) is 96.4 Å². The Morgan fingerprint density at radius 3 is 2.24 bits per heavy atom. The van der Waals surface area contributed by atoms with Crippen LogP contribution >= 0.6 is 0 Å². The fourth-order valence-electron chi connectivity index (χ4n) is 2.76. The van der Waals surface area contributed by atoms with Crippen molar-refractivity contribution in [2.75, 3.05) is 10.6 Å². The minimum atomic E-state index is -0.321. The van der Waals surface area contributed by atoms with Crippen LogP contribution in [0.3, 0.4) is 0 Å². The number of para-hydroxylation sites is 1. The van der Waals surface area contributed by atoms with Gasteiger partial charge in [-0.1, -0.05) is 24.3 Å². The molecule has 0 saturated carbocycles. The SMILES string of the molecule is Cc1cc(Nc2ccc(Oc3ccccc3)cc2)nc(Nc2cccc(F)c2)n1. The number of aromatic nitrogens is 2. The number of rotatable bonds is 6. The Hall–Kier alpha value is -3.93. The van der Waals surface area contributed by atoms with E-state index in [0.717, 1.165) is 22.9 Å². The Bertz CT molecular complexity index is 1100. The summed E-state index contributed by atoms with van der Waals surface area (Å²) in [6, 6.07) is 25.2. The molecule has 29 heavy (non-hydrogen) atoms. The van der Waals surface area contributed by atoms with E-state index in [1.54, 1.807) is 12.1 Å². The molecule has 2 N–H and O–H groups in total. The Balaban J connectivity index is 1.47. The second kappa shape index (κ2) is 8.39. The number of hydrogen-bond donors (Lipinski definition) is 2. The molecule has 4 rings (SSSR count). The Morgan fingerprint density at radius 1 is 0.724 bits per heavy atom. The smallest absolute Gasteiger partial charge is 0.229 e. The van der Waals surface area contributed by atoms with E-state index < -0.39 is 0 Å². The molecule has 3 aromatic carbocycles. The van der Waals surface area contributed by atoms with Crippen LogP contribution in [-0.4, -0.2) is 9.97 Å². The van der Waals surface area contributed by atoms with Crippen LogP contribution in [0.1, 0.15) is 5.69 Å². The molecule has 1 heterocycles. The first-order chi connectivity index (χ1) is 14.1. The highest BCUT2D eigenvalue weighted by Crippen LogP contribution is 2.24. The standard InChI is InChI=1S/C23H19FN4O/c1-16-14-22(28-23(25-16)27-19-7-5-6-17(24)15-19)26-18-10-12-21(13-11-18)29-20-8-3-2-4-9-20/h2-15H,1H3,(H2,25,26,27,28). The third-order valence-electron chi connectivity index (χ3n) is 4.04. The van der Waals surface area contributed by atoms with Crippen LogP contribution < -0.4 is 15.4 Å². The maximum Gasteiger partial charge on any atom is 0.229 e. The summed E-state index contributed by atoms with van der Waals surface area (Å²) in [4.78, 5) is 8.81. The topological polar surface area (TPSA) is 59.1 Å². The predicted octanol–water partition coefficient (Wildman–Crippen LogP) is 6.20. The highest BCUT2D eigenvalue weighted by Gasteiger charge is 2.05. The third-order valence-corrected chi connectivity index (χ3v) is 4.04. The molecule has 0 aliphatic heterocycles. The van der Waals surface area contributed by atoms with Crippen LogP contribution in [0.4, 0.5) is 27.5 Å². The van der Waals surface area contributed by atoms with Crippen molar-refractivity contribution < 1.29 is 9.13 Å². The maximum absolute atomic E-state index is 13.4. The first-order valence-electron chi connectivity index (χ1n) is 9.12. The summed E-state index contributed by atoms with van der Waals surface area (Å²) in [5.41, 5.74) is 2.23. The van der Waals surface area contributed by atoms with Crippen LogP contribution in [0.5, 0.6) is 11.5 Å². The van der Waals surface area contributed by atoms with Gasteiger partial charge in [0.25, 0.3) is 0 Å². The number of hydrogen-bond acceptors (Lipinski definition) is 5. The molecule has 0 aliphatic rings. The van der Waals surface area contributed by atoms with Gasteiger partial charge >= 0.3 is 0 Å². The van der Waals surface area contributed by atoms with Crippen LogP contribution in [0.25, 0.3) is 0 Å². The Morgan fingerprint density at radius 2 is 1.48 bits per heavy atom. The summed E-state index contributed by atoms with van der Waals surface area (Å²) in [6.45, 7) is 1.88. The van der Waals surface area contributed by atoms with Crippen molar-refractivity contribution in [2.45, 2.75) is 6.92 Å². The second-order valence-corrected chi connectivity index (χ2v) is 6.42. The normalized spacial score (nSPS) is 10.4. The molecule has 6 heteroatoms. The lowest BCUT2D eigenvalue weighted by atomic mass is 10.3. The predicted molar refractivity (Wildman–Crippen MR) is 113 cm³/mol. The van der Waals surface area contributed by atoms with Crippen LogP contribution in [0.15, 0.2) is 84.9 Å². The molecular weight excluding hydrogens is 367 g/mol. The molecule has 0 unspecified atom stereocenters. The summed E-state index contributed by atoms with van der Waals surface area (Å²) in [7, 11) is 0. The third kappa shape index (κ3) is 5.07. The van der Waals surface area contributed by atoms with Crippen LogP contribution in [-0.2, 0) is 0 Å². The van der Waals surface area contributed by atoms with Gasteiger partial charge in [-0.05, 0) is 61.5 Å². The lowest BCUT2D eigenvalue weighted by molar-refractivity contribution is 0.483. The molecule has 4 aromatic rings. The monoisotopic (exact) mass is 386 g/mol. The summed E-state index contributed by atoms with van der Waals surface area (Å²) >= 11 is 0. The van der Waals surface area contributed by atoms with Gasteiger partial charge in [0.2, 0.25) is 5.95 Å². The van der Waals surface area contributed by atoms with Crippen molar-refractivity contribution in [2.24, 2.45) is 0 Å². The molecule has 0 radical (unpaired) electrons. The second-order valence-electron chi connectivity index (χ2n) is 6.42. The molecule has 144 valence electrons. The quantitative estimate of drug-likeness (QED) is 0.413. The number of ether oxygens (including phenoxy) is 1. The molecular formula is C23H19FN4O. The molecule has 0 spiro atoms. The Kier molecular flexibility index (Phi) is 5.33. The summed E-state index contributed by atoms with van der Waals surface area (Å²) in [5, 5.41) is 6.28. The van der Waals surface area contributed by atoms with Crippen molar-refractivity contribution >= 4 is 23.1 Å². The van der Waals surface area contributed by atoms with Gasteiger partial charge in [-0.15, -0.1) is 0 Å². The fraction of sp³-hybridized carbons (Fsp3) is 0.0435. The van der Waals surface area contributed by atoms with E-state index in [0.29, 0.717) is 17.5 Å². The molecule has 0 aliphatic carbocycles. The van der Waals surface area contributed by atoms with E-state index in [2.05, 4.69) is 20.6 Å². The summed E-state index contributed by atoms with van der Waals surface area (Å²) < 4.78 is 19.2. The average Bonchev–Trinajstić information content (AvgIpc) is 2.70. The van der Waals surface area contributed by atoms with E-state index in [9.17, 15) is 4.39 Å². The van der Waals surface area contributed by atoms with Crippen LogP contribution in [0, 0.1) is 12.7 Å². The van der Waals surface area contributed by atoms with E-state index >= 15 is 0 Å². The van der Waals surface area contributed by atoms with Crippen LogP contribution in [0.2, 0.25) is 0 Å². The first kappa shape index (κ1) is 18.4. The Labute approximate surface area is 168 Å². The van der Waals surface area contributed by atoms with E-state index in [4.69, 9.17) is 4.74 Å². The molecule has 0 fully saturated rings. The largest absolute Gasteiger partial charge is 0.457 e. The molecule has 0 atom stereocenters. The maximum atomic E-state index is 13.4. The lowest BCUT2D eigenvalue weighted by Gasteiger charge is -2.11. The highest BCUT2D eigenvalue weighted by atomic mass is 19.1. The van der Waals surface area contributed by atoms with Gasteiger partial charge in [-0.25, -0.2) is 9.37 Å². The fourth-order valence-corrected chi connectivity index (χ4v) is 2.76. The number of nitrogens with one attached hydrogen (secondary N) is 2. The average molecular weight is 386 g/mol. The first-order valence-corrected chi connectivity index (χ1v) is 9.12. The lowest BCUT2D eigenvalue weighted by Crippen LogP contribution is -2.02. The zero-order valence-electron chi connectivity index (χ0n) is 15.8. The van der Waals surface area contributed by atoms with Crippen molar-refractivity contribution in [1.29, 1.82) is 0 Å². The molecule has 0 bridgehead atoms. The number of benzene rings is 3.